The molecule has 0 aromatic rings. The van der Waals surface area contributed by atoms with Crippen molar-refractivity contribution < 1.29 is 66.8 Å². The third-order valence-electron chi connectivity index (χ3n) is 6.32. The highest BCUT2D eigenvalue weighted by atomic mass is 79.9. The SMILES string of the molecule is COC(=O)C1CC(=O)N(C(=O)OC(C)(C)C)C1.COC(=O)CCBr.COC(=O)CCC1(C(=O)OC)CC(=O)N(C(=O)OC(C)(C)C)C1. The van der Waals surface area contributed by atoms with Crippen molar-refractivity contribution in [2.75, 3.05) is 46.9 Å². The summed E-state index contributed by atoms with van der Waals surface area (Å²) in [5.74, 6) is -3.32. The maximum atomic E-state index is 12.2. The zero-order chi connectivity index (χ0) is 36.8. The van der Waals surface area contributed by atoms with E-state index < -0.39 is 64.4 Å². The molecule has 4 amide bonds. The Morgan fingerprint density at radius 1 is 0.745 bits per heavy atom. The monoisotopic (exact) mass is 738 g/mol. The number of amides is 4. The molecule has 0 aromatic heterocycles. The fourth-order valence-electron chi connectivity index (χ4n) is 4.09. The molecule has 2 atom stereocenters. The summed E-state index contributed by atoms with van der Waals surface area (Å²) in [6.45, 7) is 10.0. The normalized spacial score (nSPS) is 18.9. The Kier molecular flexibility index (Phi) is 17.6. The molecule has 0 saturated carbocycles. The minimum Gasteiger partial charge on any atom is -0.469 e. The van der Waals surface area contributed by atoms with Crippen LogP contribution in [0.5, 0.6) is 0 Å². The Morgan fingerprint density at radius 3 is 1.64 bits per heavy atom. The second-order valence-corrected chi connectivity index (χ2v) is 13.2. The molecule has 2 heterocycles. The van der Waals surface area contributed by atoms with Crippen molar-refractivity contribution in [3.63, 3.8) is 0 Å². The molecule has 2 aliphatic rings. The fraction of sp³-hybridized carbons (Fsp3) is 0.733. The first-order valence-electron chi connectivity index (χ1n) is 14.5. The van der Waals surface area contributed by atoms with Crippen molar-refractivity contribution >= 4 is 63.8 Å². The summed E-state index contributed by atoms with van der Waals surface area (Å²) in [7, 11) is 5.07. The van der Waals surface area contributed by atoms with E-state index in [9.17, 15) is 38.4 Å². The summed E-state index contributed by atoms with van der Waals surface area (Å²) in [6, 6.07) is 0. The summed E-state index contributed by atoms with van der Waals surface area (Å²) in [5.41, 5.74) is -2.68. The van der Waals surface area contributed by atoms with Gasteiger partial charge in [0.05, 0.1) is 46.2 Å². The Hall–Kier alpha value is -3.76. The molecule has 0 radical (unpaired) electrons. The highest BCUT2D eigenvalue weighted by molar-refractivity contribution is 9.09. The second-order valence-electron chi connectivity index (χ2n) is 12.4. The Balaban J connectivity index is 0.000000770. The summed E-state index contributed by atoms with van der Waals surface area (Å²) < 4.78 is 28.4. The highest BCUT2D eigenvalue weighted by Crippen LogP contribution is 2.38. The highest BCUT2D eigenvalue weighted by Gasteiger charge is 2.52. The van der Waals surface area contributed by atoms with Crippen molar-refractivity contribution in [3.05, 3.63) is 0 Å². The number of methoxy groups -OCH3 is 4. The fourth-order valence-corrected chi connectivity index (χ4v) is 4.41. The molecule has 2 aliphatic heterocycles. The van der Waals surface area contributed by atoms with Crippen LogP contribution in [-0.4, -0.2) is 116 Å². The molecule has 0 spiro atoms. The number of nitrogens with zero attached hydrogens (tertiary/aromatic N) is 2. The van der Waals surface area contributed by atoms with E-state index in [1.54, 1.807) is 41.5 Å². The number of carbonyl (C=O) groups is 8. The molecule has 2 saturated heterocycles. The Bertz CT molecular complexity index is 1160. The van der Waals surface area contributed by atoms with E-state index in [-0.39, 0.29) is 44.7 Å². The smallest absolute Gasteiger partial charge is 0.417 e. The summed E-state index contributed by atoms with van der Waals surface area (Å²) in [6.07, 6.45) is -1.29. The summed E-state index contributed by atoms with van der Waals surface area (Å²) in [5, 5.41) is 0.680. The summed E-state index contributed by atoms with van der Waals surface area (Å²) >= 11 is 3.09. The molecule has 17 heteroatoms. The van der Waals surface area contributed by atoms with E-state index in [0.29, 0.717) is 11.8 Å². The maximum absolute atomic E-state index is 12.2. The lowest BCUT2D eigenvalue weighted by atomic mass is 9.82. The van der Waals surface area contributed by atoms with E-state index in [1.165, 1.54) is 28.4 Å². The van der Waals surface area contributed by atoms with Crippen LogP contribution < -0.4 is 0 Å². The summed E-state index contributed by atoms with van der Waals surface area (Å²) in [4.78, 5) is 94.2. The van der Waals surface area contributed by atoms with Crippen LogP contribution in [0.2, 0.25) is 0 Å². The van der Waals surface area contributed by atoms with Gasteiger partial charge in [-0.15, -0.1) is 0 Å². The van der Waals surface area contributed by atoms with Crippen molar-refractivity contribution in [2.45, 2.75) is 84.8 Å². The van der Waals surface area contributed by atoms with Gasteiger partial charge in [0.2, 0.25) is 11.8 Å². The Labute approximate surface area is 283 Å². The van der Waals surface area contributed by atoms with Crippen molar-refractivity contribution in [1.82, 2.24) is 9.80 Å². The van der Waals surface area contributed by atoms with E-state index in [4.69, 9.17) is 14.2 Å². The number of alkyl halides is 1. The number of carbonyl (C=O) groups excluding carboxylic acids is 8. The molecule has 16 nitrogen and oxygen atoms in total. The zero-order valence-electron chi connectivity index (χ0n) is 28.7. The molecule has 47 heavy (non-hydrogen) atoms. The number of hydrogen-bond acceptors (Lipinski definition) is 14. The van der Waals surface area contributed by atoms with Crippen LogP contribution in [0.1, 0.15) is 73.6 Å². The van der Waals surface area contributed by atoms with Crippen LogP contribution in [0, 0.1) is 11.3 Å². The lowest BCUT2D eigenvalue weighted by Crippen LogP contribution is -2.41. The molecule has 2 fully saturated rings. The number of likely N-dealkylation sites (tertiary alicyclic amines) is 2. The van der Waals surface area contributed by atoms with Gasteiger partial charge in [0, 0.05) is 37.7 Å². The number of rotatable bonds is 7. The lowest BCUT2D eigenvalue weighted by Gasteiger charge is -2.26. The van der Waals surface area contributed by atoms with Gasteiger partial charge < -0.3 is 28.4 Å². The zero-order valence-corrected chi connectivity index (χ0v) is 30.3. The van der Waals surface area contributed by atoms with Crippen molar-refractivity contribution in [2.24, 2.45) is 11.3 Å². The lowest BCUT2D eigenvalue weighted by molar-refractivity contribution is -0.154. The number of halogens is 1. The van der Waals surface area contributed by atoms with Gasteiger partial charge in [-0.1, -0.05) is 15.9 Å². The number of ether oxygens (including phenoxy) is 6. The molecule has 2 rings (SSSR count). The van der Waals surface area contributed by atoms with E-state index in [2.05, 4.69) is 30.1 Å². The Morgan fingerprint density at radius 2 is 1.23 bits per heavy atom. The molecule has 0 bridgehead atoms. The largest absolute Gasteiger partial charge is 0.469 e. The first kappa shape index (κ1) is 43.2. The van der Waals surface area contributed by atoms with E-state index >= 15 is 0 Å². The molecule has 268 valence electrons. The van der Waals surface area contributed by atoms with Crippen molar-refractivity contribution in [1.29, 1.82) is 0 Å². The maximum Gasteiger partial charge on any atom is 0.417 e. The number of esters is 4. The standard InChI is InChI=1S/C15H23NO7.C11H17NO5.C4H7BrO2/c1-14(2,3)23-13(20)16-9-15(8-10(16)17,12(19)22-5)7-6-11(18)21-4;1-11(2,3)17-10(15)12-6-7(5-8(12)13)9(14)16-4;1-7-4(6)2-3-5/h6-9H2,1-5H3;7H,5-6H2,1-4H3;2-3H2,1H3. The third-order valence-corrected chi connectivity index (χ3v) is 6.72. The average Bonchev–Trinajstić information content (AvgIpc) is 3.54. The van der Waals surface area contributed by atoms with Gasteiger partial charge in [-0.2, -0.15) is 0 Å². The molecule has 2 unspecified atom stereocenters. The molecular formula is C30H47BrN2O14. The van der Waals surface area contributed by atoms with Crippen LogP contribution in [-0.2, 0) is 57.2 Å². The van der Waals surface area contributed by atoms with Crippen LogP contribution in [0.4, 0.5) is 9.59 Å². The molecule has 0 aromatic carbocycles. The van der Waals surface area contributed by atoms with Crippen LogP contribution in [0.3, 0.4) is 0 Å². The van der Waals surface area contributed by atoms with Gasteiger partial charge in [-0.3, -0.25) is 28.8 Å². The minimum absolute atomic E-state index is 0.00802. The molecular weight excluding hydrogens is 692 g/mol. The number of hydrogen-bond donors (Lipinski definition) is 0. The molecule has 0 aliphatic carbocycles. The van der Waals surface area contributed by atoms with Crippen molar-refractivity contribution in [3.8, 4) is 0 Å². The predicted molar refractivity (Wildman–Crippen MR) is 167 cm³/mol. The van der Waals surface area contributed by atoms with Gasteiger partial charge in [-0.25, -0.2) is 19.4 Å². The first-order valence-corrected chi connectivity index (χ1v) is 15.6. The average molecular weight is 740 g/mol. The third kappa shape index (κ3) is 15.1. The van der Waals surface area contributed by atoms with Gasteiger partial charge in [0.25, 0.3) is 0 Å². The molecule has 0 N–H and O–H groups in total. The topological polar surface area (TPSA) is 198 Å². The number of imide groups is 2. The van der Waals surface area contributed by atoms with Gasteiger partial charge in [-0.05, 0) is 48.0 Å². The van der Waals surface area contributed by atoms with Crippen LogP contribution >= 0.6 is 15.9 Å². The first-order chi connectivity index (χ1) is 21.6. The van der Waals surface area contributed by atoms with Crippen LogP contribution in [0.25, 0.3) is 0 Å². The van der Waals surface area contributed by atoms with E-state index in [1.807, 2.05) is 0 Å². The van der Waals surface area contributed by atoms with Gasteiger partial charge >= 0.3 is 36.1 Å². The predicted octanol–water partition coefficient (Wildman–Crippen LogP) is 3.15. The minimum atomic E-state index is -1.25. The van der Waals surface area contributed by atoms with Crippen LogP contribution in [0.15, 0.2) is 0 Å². The van der Waals surface area contributed by atoms with E-state index in [0.717, 1.165) is 9.80 Å². The van der Waals surface area contributed by atoms with Gasteiger partial charge in [0.15, 0.2) is 0 Å². The quantitative estimate of drug-likeness (QED) is 0.210. The second kappa shape index (κ2) is 19.2. The van der Waals surface area contributed by atoms with Gasteiger partial charge in [0.1, 0.15) is 11.2 Å².